The third-order valence-electron chi connectivity index (χ3n) is 4.77. The molecule has 3 rings (SSSR count). The van der Waals surface area contributed by atoms with E-state index in [0.717, 1.165) is 52.5 Å². The molecular weight excluding hydrogens is 334 g/mol. The van der Waals surface area contributed by atoms with E-state index in [4.69, 9.17) is 15.5 Å². The van der Waals surface area contributed by atoms with E-state index in [1.165, 1.54) is 11.3 Å². The van der Waals surface area contributed by atoms with Gasteiger partial charge in [0, 0.05) is 34.8 Å². The summed E-state index contributed by atoms with van der Waals surface area (Å²) in [7, 11) is 1.69. The van der Waals surface area contributed by atoms with Gasteiger partial charge in [-0.1, -0.05) is 25.1 Å². The van der Waals surface area contributed by atoms with Crippen molar-refractivity contribution in [3.8, 4) is 0 Å². The molecule has 0 atom stereocenters. The summed E-state index contributed by atoms with van der Waals surface area (Å²) in [6, 6.07) is 10.1. The predicted octanol–water partition coefficient (Wildman–Crippen LogP) is 5.29. The fourth-order valence-electron chi connectivity index (χ4n) is 3.25. The van der Waals surface area contributed by atoms with Crippen LogP contribution in [0.15, 0.2) is 58.9 Å². The molecule has 2 aromatic rings. The number of aromatic amines is 1. The van der Waals surface area contributed by atoms with Gasteiger partial charge in [-0.05, 0) is 61.8 Å². The lowest BCUT2D eigenvalue weighted by atomic mass is 10.0. The highest BCUT2D eigenvalue weighted by atomic mass is 16.5. The zero-order valence-corrected chi connectivity index (χ0v) is 16.5. The summed E-state index contributed by atoms with van der Waals surface area (Å²) in [6.45, 7) is 6.31. The molecular formula is C23H27N3O. The zero-order chi connectivity index (χ0) is 19.4. The summed E-state index contributed by atoms with van der Waals surface area (Å²) in [5.41, 5.74) is 14.3. The number of nitrogen functional groups attached to an aromatic ring is 1. The average molecular weight is 361 g/mol. The quantitative estimate of drug-likeness (QED) is 0.711. The van der Waals surface area contributed by atoms with Gasteiger partial charge in [-0.15, -0.1) is 0 Å². The Balaban J connectivity index is 1.96. The van der Waals surface area contributed by atoms with Crippen molar-refractivity contribution in [3.63, 3.8) is 0 Å². The SMILES string of the molecule is CCc1cc(C)c(/C=C2N=C(/C=C(\C)c3ccccc3N)CC=C\2OC)[nH]1. The Morgan fingerprint density at radius 2 is 2.11 bits per heavy atom. The monoisotopic (exact) mass is 361 g/mol. The van der Waals surface area contributed by atoms with Crippen molar-refractivity contribution in [3.05, 3.63) is 76.5 Å². The summed E-state index contributed by atoms with van der Waals surface area (Å²) < 4.78 is 5.54. The van der Waals surface area contributed by atoms with Gasteiger partial charge in [0.25, 0.3) is 0 Å². The molecule has 4 heteroatoms. The lowest BCUT2D eigenvalue weighted by molar-refractivity contribution is 0.298. The maximum atomic E-state index is 6.10. The first-order valence-electron chi connectivity index (χ1n) is 9.27. The van der Waals surface area contributed by atoms with Crippen molar-refractivity contribution in [2.45, 2.75) is 33.6 Å². The van der Waals surface area contributed by atoms with Crippen LogP contribution in [-0.4, -0.2) is 17.8 Å². The molecule has 4 nitrogen and oxygen atoms in total. The minimum Gasteiger partial charge on any atom is -0.495 e. The van der Waals surface area contributed by atoms with Crippen molar-refractivity contribution in [1.82, 2.24) is 4.98 Å². The van der Waals surface area contributed by atoms with Gasteiger partial charge in [-0.25, -0.2) is 4.99 Å². The molecule has 0 spiro atoms. The normalized spacial score (nSPS) is 16.3. The lowest BCUT2D eigenvalue weighted by Crippen LogP contribution is -2.05. The number of para-hydroxylation sites is 1. The van der Waals surface area contributed by atoms with Crippen LogP contribution in [0.2, 0.25) is 0 Å². The Bertz CT molecular complexity index is 958. The van der Waals surface area contributed by atoms with Crippen LogP contribution in [0.3, 0.4) is 0 Å². The molecule has 0 fully saturated rings. The van der Waals surface area contributed by atoms with Crippen LogP contribution in [0, 0.1) is 6.92 Å². The number of nitrogens with two attached hydrogens (primary N) is 1. The minimum atomic E-state index is 0.731. The van der Waals surface area contributed by atoms with Crippen LogP contribution < -0.4 is 5.73 Å². The number of aromatic nitrogens is 1. The Morgan fingerprint density at radius 3 is 2.78 bits per heavy atom. The van der Waals surface area contributed by atoms with Crippen molar-refractivity contribution >= 4 is 23.0 Å². The molecule has 0 saturated heterocycles. The van der Waals surface area contributed by atoms with Crippen molar-refractivity contribution < 1.29 is 4.74 Å². The summed E-state index contributed by atoms with van der Waals surface area (Å²) in [6.07, 6.45) is 7.94. The Morgan fingerprint density at radius 1 is 1.33 bits per heavy atom. The van der Waals surface area contributed by atoms with Gasteiger partial charge >= 0.3 is 0 Å². The number of ether oxygens (including phenoxy) is 1. The number of hydrogen-bond donors (Lipinski definition) is 2. The second-order valence-corrected chi connectivity index (χ2v) is 6.77. The van der Waals surface area contributed by atoms with Crippen LogP contribution >= 0.6 is 0 Å². The molecule has 3 N–H and O–H groups in total. The largest absolute Gasteiger partial charge is 0.495 e. The predicted molar refractivity (Wildman–Crippen MR) is 115 cm³/mol. The second-order valence-electron chi connectivity index (χ2n) is 6.77. The highest BCUT2D eigenvalue weighted by Crippen LogP contribution is 2.26. The van der Waals surface area contributed by atoms with Gasteiger partial charge in [-0.3, -0.25) is 0 Å². The number of nitrogens with zero attached hydrogens (tertiary/aromatic N) is 1. The van der Waals surface area contributed by atoms with Gasteiger partial charge in [0.15, 0.2) is 0 Å². The Labute approximate surface area is 161 Å². The summed E-state index contributed by atoms with van der Waals surface area (Å²) in [4.78, 5) is 8.30. The number of anilines is 1. The average Bonchev–Trinajstić information content (AvgIpc) is 3.02. The summed E-state index contributed by atoms with van der Waals surface area (Å²) in [5, 5.41) is 0. The third kappa shape index (κ3) is 4.22. The number of methoxy groups -OCH3 is 1. The van der Waals surface area contributed by atoms with Gasteiger partial charge in [-0.2, -0.15) is 0 Å². The van der Waals surface area contributed by atoms with Crippen LogP contribution in [0.5, 0.6) is 0 Å². The fraction of sp³-hybridized carbons (Fsp3) is 0.261. The molecule has 0 amide bonds. The number of hydrogen-bond acceptors (Lipinski definition) is 3. The van der Waals surface area contributed by atoms with Crippen LogP contribution in [-0.2, 0) is 11.2 Å². The van der Waals surface area contributed by atoms with Gasteiger partial charge in [0.05, 0.1) is 7.11 Å². The first-order chi connectivity index (χ1) is 13.0. The molecule has 0 radical (unpaired) electrons. The number of allylic oxidation sites excluding steroid dienone is 3. The number of aryl methyl sites for hydroxylation is 2. The number of rotatable bonds is 5. The highest BCUT2D eigenvalue weighted by Gasteiger charge is 2.14. The molecule has 27 heavy (non-hydrogen) atoms. The number of aliphatic imine (C=N–C) groups is 1. The topological polar surface area (TPSA) is 63.4 Å². The van der Waals surface area contributed by atoms with E-state index in [1.807, 2.05) is 24.3 Å². The summed E-state index contributed by atoms with van der Waals surface area (Å²) >= 11 is 0. The molecule has 1 aromatic heterocycles. The molecule has 0 unspecified atom stereocenters. The molecule has 1 aliphatic rings. The highest BCUT2D eigenvalue weighted by molar-refractivity contribution is 6.03. The molecule has 0 bridgehead atoms. The molecule has 140 valence electrons. The van der Waals surface area contributed by atoms with E-state index >= 15 is 0 Å². The Kier molecular flexibility index (Phi) is 5.65. The third-order valence-corrected chi connectivity index (χ3v) is 4.77. The number of H-pyrrole nitrogens is 1. The van der Waals surface area contributed by atoms with E-state index in [2.05, 4.69) is 50.0 Å². The summed E-state index contributed by atoms with van der Waals surface area (Å²) in [5.74, 6) is 0.802. The van der Waals surface area contributed by atoms with E-state index in [1.54, 1.807) is 7.11 Å². The number of dihydropyridines is 1. The van der Waals surface area contributed by atoms with Crippen molar-refractivity contribution in [2.24, 2.45) is 4.99 Å². The number of nitrogens with one attached hydrogen (secondary N) is 1. The van der Waals surface area contributed by atoms with Gasteiger partial charge < -0.3 is 15.5 Å². The van der Waals surface area contributed by atoms with Crippen LogP contribution in [0.1, 0.15) is 42.8 Å². The molecule has 0 aliphatic carbocycles. The number of benzene rings is 1. The molecule has 1 aromatic carbocycles. The molecule has 2 heterocycles. The first kappa shape index (κ1) is 18.8. The maximum absolute atomic E-state index is 6.10. The maximum Gasteiger partial charge on any atom is 0.140 e. The van der Waals surface area contributed by atoms with E-state index in [0.29, 0.717) is 0 Å². The van der Waals surface area contributed by atoms with Gasteiger partial charge in [0.2, 0.25) is 0 Å². The molecule has 0 saturated carbocycles. The molecule has 1 aliphatic heterocycles. The smallest absolute Gasteiger partial charge is 0.140 e. The van der Waals surface area contributed by atoms with E-state index in [-0.39, 0.29) is 0 Å². The van der Waals surface area contributed by atoms with E-state index in [9.17, 15) is 0 Å². The first-order valence-corrected chi connectivity index (χ1v) is 9.27. The fourth-order valence-corrected chi connectivity index (χ4v) is 3.25. The van der Waals surface area contributed by atoms with Crippen LogP contribution in [0.25, 0.3) is 11.6 Å². The van der Waals surface area contributed by atoms with Crippen LogP contribution in [0.4, 0.5) is 5.69 Å². The minimum absolute atomic E-state index is 0.731. The standard InChI is InChI=1S/C23H27N3O/c1-5-17-13-16(3)21(25-17)14-22-23(27-4)11-10-18(26-22)12-15(2)19-8-6-7-9-20(19)24/h6-9,11-14,25H,5,10,24H2,1-4H3/b15-12+,22-14-. The van der Waals surface area contributed by atoms with Crippen molar-refractivity contribution in [1.29, 1.82) is 0 Å². The zero-order valence-electron chi connectivity index (χ0n) is 16.5. The second kappa shape index (κ2) is 8.12. The lowest BCUT2D eigenvalue weighted by Gasteiger charge is -2.14. The van der Waals surface area contributed by atoms with E-state index < -0.39 is 0 Å². The Hall–Kier alpha value is -3.01. The van der Waals surface area contributed by atoms with Crippen molar-refractivity contribution in [2.75, 3.05) is 12.8 Å². The van der Waals surface area contributed by atoms with Gasteiger partial charge in [0.1, 0.15) is 11.5 Å².